The van der Waals surface area contributed by atoms with Crippen LogP contribution in [0, 0.1) is 5.82 Å². The Morgan fingerprint density at radius 3 is 2.83 bits per heavy atom. The van der Waals surface area contributed by atoms with E-state index in [9.17, 15) is 9.18 Å². The van der Waals surface area contributed by atoms with Gasteiger partial charge in [-0.25, -0.2) is 4.39 Å². The lowest BCUT2D eigenvalue weighted by Crippen LogP contribution is -2.36. The highest BCUT2D eigenvalue weighted by Gasteiger charge is 2.17. The molecular formula is C13H16ClFN2O. The molecule has 1 heterocycles. The van der Waals surface area contributed by atoms with Crippen molar-refractivity contribution in [3.63, 3.8) is 0 Å². The lowest BCUT2D eigenvalue weighted by atomic mass is 10.2. The Bertz CT molecular complexity index is 433. The van der Waals surface area contributed by atoms with Crippen LogP contribution in [0.1, 0.15) is 18.4 Å². The Hall–Kier alpha value is -1.13. The number of likely N-dealkylation sites (tertiary alicyclic amines) is 1. The normalized spacial score (nSPS) is 15.1. The molecule has 2 rings (SSSR count). The molecule has 1 aliphatic heterocycles. The summed E-state index contributed by atoms with van der Waals surface area (Å²) in [5.41, 5.74) is 0.672. The van der Waals surface area contributed by atoms with E-state index >= 15 is 0 Å². The van der Waals surface area contributed by atoms with Crippen LogP contribution in [0.3, 0.4) is 0 Å². The van der Waals surface area contributed by atoms with Crippen LogP contribution in [0.2, 0.25) is 5.02 Å². The number of hydrogen-bond acceptors (Lipinski definition) is 2. The van der Waals surface area contributed by atoms with E-state index in [0.717, 1.165) is 25.9 Å². The molecular weight excluding hydrogens is 255 g/mol. The Morgan fingerprint density at radius 2 is 2.11 bits per heavy atom. The molecule has 0 atom stereocenters. The zero-order valence-corrected chi connectivity index (χ0v) is 10.8. The fourth-order valence-corrected chi connectivity index (χ4v) is 2.25. The monoisotopic (exact) mass is 270 g/mol. The van der Waals surface area contributed by atoms with E-state index in [0.29, 0.717) is 17.1 Å². The first-order valence-electron chi connectivity index (χ1n) is 6.09. The van der Waals surface area contributed by atoms with Crippen LogP contribution in [0.15, 0.2) is 18.2 Å². The van der Waals surface area contributed by atoms with E-state index in [1.165, 1.54) is 18.2 Å². The lowest BCUT2D eigenvalue weighted by Gasteiger charge is -2.15. The van der Waals surface area contributed by atoms with Gasteiger partial charge in [0.15, 0.2) is 0 Å². The molecule has 0 radical (unpaired) electrons. The van der Waals surface area contributed by atoms with Gasteiger partial charge in [-0.3, -0.25) is 4.79 Å². The van der Waals surface area contributed by atoms with Crippen molar-refractivity contribution in [2.45, 2.75) is 19.4 Å². The Kier molecular flexibility index (Phi) is 4.55. The van der Waals surface area contributed by atoms with Gasteiger partial charge in [0.05, 0.1) is 6.54 Å². The second kappa shape index (κ2) is 6.16. The molecule has 3 nitrogen and oxygen atoms in total. The SMILES string of the molecule is O=C(CNCc1cc(F)ccc1Cl)N1CCCC1. The van der Waals surface area contributed by atoms with Crippen molar-refractivity contribution in [1.82, 2.24) is 10.2 Å². The van der Waals surface area contributed by atoms with Crippen LogP contribution in [0.5, 0.6) is 0 Å². The zero-order valence-electron chi connectivity index (χ0n) is 10.1. The number of rotatable bonds is 4. The molecule has 1 fully saturated rings. The molecule has 1 saturated heterocycles. The van der Waals surface area contributed by atoms with Gasteiger partial charge in [-0.2, -0.15) is 0 Å². The quantitative estimate of drug-likeness (QED) is 0.910. The summed E-state index contributed by atoms with van der Waals surface area (Å²) in [6.07, 6.45) is 2.17. The number of nitrogens with one attached hydrogen (secondary N) is 1. The van der Waals surface area contributed by atoms with Crippen LogP contribution in [0.4, 0.5) is 4.39 Å². The van der Waals surface area contributed by atoms with Crippen molar-refractivity contribution in [1.29, 1.82) is 0 Å². The fourth-order valence-electron chi connectivity index (χ4n) is 2.06. The second-order valence-electron chi connectivity index (χ2n) is 4.43. The number of benzene rings is 1. The standard InChI is InChI=1S/C13H16ClFN2O/c14-12-4-3-11(15)7-10(12)8-16-9-13(18)17-5-1-2-6-17/h3-4,7,16H,1-2,5-6,8-9H2. The van der Waals surface area contributed by atoms with Crippen molar-refractivity contribution in [3.8, 4) is 0 Å². The first-order chi connectivity index (χ1) is 8.66. The third kappa shape index (κ3) is 3.43. The van der Waals surface area contributed by atoms with Crippen molar-refractivity contribution in [3.05, 3.63) is 34.6 Å². The largest absolute Gasteiger partial charge is 0.342 e. The number of nitrogens with zero attached hydrogens (tertiary/aromatic N) is 1. The smallest absolute Gasteiger partial charge is 0.236 e. The topological polar surface area (TPSA) is 32.3 Å². The molecule has 1 aliphatic rings. The summed E-state index contributed by atoms with van der Waals surface area (Å²) in [6, 6.07) is 4.23. The predicted octanol–water partition coefficient (Wildman–Crippen LogP) is 2.19. The third-order valence-electron chi connectivity index (χ3n) is 3.06. The summed E-state index contributed by atoms with van der Waals surface area (Å²) >= 11 is 5.94. The van der Waals surface area contributed by atoms with Gasteiger partial charge in [0.2, 0.25) is 5.91 Å². The van der Waals surface area contributed by atoms with Crippen LogP contribution >= 0.6 is 11.6 Å². The lowest BCUT2D eigenvalue weighted by molar-refractivity contribution is -0.129. The summed E-state index contributed by atoms with van der Waals surface area (Å²) < 4.78 is 13.0. The number of amides is 1. The zero-order chi connectivity index (χ0) is 13.0. The highest BCUT2D eigenvalue weighted by molar-refractivity contribution is 6.31. The van der Waals surface area contributed by atoms with E-state index in [2.05, 4.69) is 5.32 Å². The minimum atomic E-state index is -0.318. The highest BCUT2D eigenvalue weighted by Crippen LogP contribution is 2.16. The van der Waals surface area contributed by atoms with Crippen molar-refractivity contribution >= 4 is 17.5 Å². The van der Waals surface area contributed by atoms with E-state index < -0.39 is 0 Å². The average molecular weight is 271 g/mol. The maximum Gasteiger partial charge on any atom is 0.236 e. The van der Waals surface area contributed by atoms with E-state index in [1.807, 2.05) is 4.90 Å². The number of carbonyl (C=O) groups is 1. The Labute approximate surface area is 111 Å². The van der Waals surface area contributed by atoms with Crippen LogP contribution in [-0.4, -0.2) is 30.4 Å². The fraction of sp³-hybridized carbons (Fsp3) is 0.462. The van der Waals surface area contributed by atoms with Crippen LogP contribution in [0.25, 0.3) is 0 Å². The number of carbonyl (C=O) groups excluding carboxylic acids is 1. The molecule has 0 aliphatic carbocycles. The van der Waals surface area contributed by atoms with Gasteiger partial charge in [0, 0.05) is 24.7 Å². The molecule has 0 unspecified atom stereocenters. The highest BCUT2D eigenvalue weighted by atomic mass is 35.5. The average Bonchev–Trinajstić information content (AvgIpc) is 2.87. The molecule has 98 valence electrons. The first-order valence-corrected chi connectivity index (χ1v) is 6.47. The maximum absolute atomic E-state index is 13.0. The van der Waals surface area contributed by atoms with Gasteiger partial charge in [0.1, 0.15) is 5.82 Å². The van der Waals surface area contributed by atoms with Crippen molar-refractivity contribution in [2.75, 3.05) is 19.6 Å². The summed E-state index contributed by atoms with van der Waals surface area (Å²) in [7, 11) is 0. The number of hydrogen-bond donors (Lipinski definition) is 1. The van der Waals surface area contributed by atoms with Crippen molar-refractivity contribution in [2.24, 2.45) is 0 Å². The van der Waals surface area contributed by atoms with E-state index in [4.69, 9.17) is 11.6 Å². The molecule has 5 heteroatoms. The second-order valence-corrected chi connectivity index (χ2v) is 4.83. The predicted molar refractivity (Wildman–Crippen MR) is 68.9 cm³/mol. The summed E-state index contributed by atoms with van der Waals surface area (Å²) in [6.45, 7) is 2.37. The van der Waals surface area contributed by atoms with E-state index in [-0.39, 0.29) is 18.3 Å². The molecule has 1 N–H and O–H groups in total. The Morgan fingerprint density at radius 1 is 1.39 bits per heavy atom. The van der Waals surface area contributed by atoms with Gasteiger partial charge < -0.3 is 10.2 Å². The maximum atomic E-state index is 13.0. The van der Waals surface area contributed by atoms with Gasteiger partial charge in [-0.05, 0) is 36.6 Å². The molecule has 0 saturated carbocycles. The summed E-state index contributed by atoms with van der Waals surface area (Å²) in [5.74, 6) is -0.220. The van der Waals surface area contributed by atoms with Crippen molar-refractivity contribution < 1.29 is 9.18 Å². The minimum Gasteiger partial charge on any atom is -0.342 e. The summed E-state index contributed by atoms with van der Waals surface area (Å²) in [4.78, 5) is 13.6. The molecule has 0 aromatic heterocycles. The van der Waals surface area contributed by atoms with Gasteiger partial charge in [0.25, 0.3) is 0 Å². The van der Waals surface area contributed by atoms with Crippen LogP contribution < -0.4 is 5.32 Å². The Balaban J connectivity index is 1.81. The minimum absolute atomic E-state index is 0.0972. The van der Waals surface area contributed by atoms with Gasteiger partial charge in [-0.1, -0.05) is 11.6 Å². The van der Waals surface area contributed by atoms with Gasteiger partial charge >= 0.3 is 0 Å². The molecule has 0 spiro atoms. The number of halogens is 2. The molecule has 1 aromatic carbocycles. The third-order valence-corrected chi connectivity index (χ3v) is 3.43. The molecule has 1 aromatic rings. The van der Waals surface area contributed by atoms with Crippen LogP contribution in [-0.2, 0) is 11.3 Å². The first kappa shape index (κ1) is 13.3. The molecule has 18 heavy (non-hydrogen) atoms. The summed E-state index contributed by atoms with van der Waals surface area (Å²) in [5, 5.41) is 3.52. The molecule has 0 bridgehead atoms. The van der Waals surface area contributed by atoms with E-state index in [1.54, 1.807) is 0 Å². The van der Waals surface area contributed by atoms with Gasteiger partial charge in [-0.15, -0.1) is 0 Å². The molecule has 1 amide bonds.